The van der Waals surface area contributed by atoms with E-state index in [-0.39, 0.29) is 18.4 Å². The molecule has 1 atom stereocenters. The van der Waals surface area contributed by atoms with Gasteiger partial charge < -0.3 is 19.3 Å². The van der Waals surface area contributed by atoms with Gasteiger partial charge >= 0.3 is 6.09 Å². The summed E-state index contributed by atoms with van der Waals surface area (Å²) in [6.07, 6.45) is -0.419. The van der Waals surface area contributed by atoms with Gasteiger partial charge in [0.1, 0.15) is 30.0 Å². The van der Waals surface area contributed by atoms with Crippen molar-refractivity contribution in [3.63, 3.8) is 0 Å². The molecule has 0 spiro atoms. The maximum absolute atomic E-state index is 14.1. The van der Waals surface area contributed by atoms with Crippen LogP contribution in [0.3, 0.4) is 0 Å². The number of anilines is 1. The van der Waals surface area contributed by atoms with Crippen molar-refractivity contribution in [1.82, 2.24) is 9.80 Å². The van der Waals surface area contributed by atoms with E-state index >= 15 is 0 Å². The lowest BCUT2D eigenvalue weighted by Crippen LogP contribution is -2.54. The number of nitrogens with zero attached hydrogens (tertiary/aromatic N) is 3. The molecule has 1 aliphatic rings. The zero-order chi connectivity index (χ0) is 29.3. The van der Waals surface area contributed by atoms with Crippen LogP contribution >= 0.6 is 22.9 Å². The lowest BCUT2D eigenvalue weighted by Gasteiger charge is -2.38. The minimum absolute atomic E-state index is 0.184. The Morgan fingerprint density at radius 3 is 2.02 bits per heavy atom. The largest absolute Gasteiger partial charge is 0.457 e. The maximum Gasteiger partial charge on any atom is 0.410 e. The molecule has 5 rings (SSSR count). The van der Waals surface area contributed by atoms with E-state index in [1.807, 2.05) is 78.2 Å². The summed E-state index contributed by atoms with van der Waals surface area (Å²) in [5.41, 5.74) is 1.43. The fraction of sp³-hybridized carbons (Fsp3) is 0.219. The summed E-state index contributed by atoms with van der Waals surface area (Å²) < 4.78 is 11.4. The van der Waals surface area contributed by atoms with Gasteiger partial charge in [-0.3, -0.25) is 14.5 Å². The quantitative estimate of drug-likeness (QED) is 0.209. The van der Waals surface area contributed by atoms with E-state index in [1.54, 1.807) is 34.1 Å². The van der Waals surface area contributed by atoms with Gasteiger partial charge in [0.05, 0.1) is 0 Å². The Balaban J connectivity index is 1.30. The van der Waals surface area contributed by atoms with Gasteiger partial charge in [0, 0.05) is 36.7 Å². The molecule has 10 heteroatoms. The van der Waals surface area contributed by atoms with E-state index in [0.717, 1.165) is 5.56 Å². The number of rotatable bonds is 9. The first kappa shape index (κ1) is 29.2. The first-order valence-corrected chi connectivity index (χ1v) is 14.9. The normalized spacial score (nSPS) is 13.7. The summed E-state index contributed by atoms with van der Waals surface area (Å²) >= 11 is 7.46. The topological polar surface area (TPSA) is 79.4 Å². The molecular weight excluding hydrogens is 574 g/mol. The lowest BCUT2D eigenvalue weighted by atomic mass is 10.1. The lowest BCUT2D eigenvalue weighted by molar-refractivity contribution is -0.136. The van der Waals surface area contributed by atoms with Gasteiger partial charge in [-0.1, -0.05) is 54.6 Å². The standard InChI is InChI=1S/C32H30ClN3O5S/c33-22-29(37)36(25-13-15-27(16-14-25)41-26-10-5-2-6-11-26)30(28-12-7-21-42-28)31(38)34-17-19-35(20-18-34)32(39)40-23-24-8-3-1-4-9-24/h1-16,21,30H,17-20,22-23H2. The smallest absolute Gasteiger partial charge is 0.410 e. The Kier molecular flexibility index (Phi) is 9.74. The number of carbonyl (C=O) groups excluding carboxylic acids is 3. The van der Waals surface area contributed by atoms with Crippen LogP contribution in [0.1, 0.15) is 16.5 Å². The van der Waals surface area contributed by atoms with Crippen molar-refractivity contribution >= 4 is 46.5 Å². The van der Waals surface area contributed by atoms with Crippen LogP contribution in [0.2, 0.25) is 0 Å². The number of amides is 3. The molecule has 3 aromatic carbocycles. The molecule has 0 radical (unpaired) electrons. The van der Waals surface area contributed by atoms with Crippen molar-refractivity contribution in [3.8, 4) is 11.5 Å². The van der Waals surface area contributed by atoms with Crippen LogP contribution in [-0.2, 0) is 20.9 Å². The van der Waals surface area contributed by atoms with Crippen molar-refractivity contribution < 1.29 is 23.9 Å². The highest BCUT2D eigenvalue weighted by atomic mass is 35.5. The highest BCUT2D eigenvalue weighted by Gasteiger charge is 2.37. The molecule has 3 amide bonds. The molecule has 1 saturated heterocycles. The molecule has 1 aromatic heterocycles. The number of ether oxygens (including phenoxy) is 2. The summed E-state index contributed by atoms with van der Waals surface area (Å²) in [7, 11) is 0. The Bertz CT molecular complexity index is 1460. The number of thiophene rings is 1. The van der Waals surface area contributed by atoms with Crippen LogP contribution in [0.4, 0.5) is 10.5 Å². The van der Waals surface area contributed by atoms with Crippen molar-refractivity contribution in [1.29, 1.82) is 0 Å². The van der Waals surface area contributed by atoms with Gasteiger partial charge in [0.15, 0.2) is 0 Å². The summed E-state index contributed by atoms with van der Waals surface area (Å²) in [6.45, 7) is 1.46. The average molecular weight is 604 g/mol. The van der Waals surface area contributed by atoms with Crippen LogP contribution in [0.15, 0.2) is 102 Å². The third-order valence-corrected chi connectivity index (χ3v) is 7.99. The number of benzene rings is 3. The number of halogens is 1. The maximum atomic E-state index is 14.1. The molecule has 0 N–H and O–H groups in total. The summed E-state index contributed by atoms with van der Waals surface area (Å²) in [4.78, 5) is 45.4. The Labute approximate surface area is 253 Å². The first-order chi connectivity index (χ1) is 20.5. The van der Waals surface area contributed by atoms with E-state index in [4.69, 9.17) is 21.1 Å². The van der Waals surface area contributed by atoms with Crippen molar-refractivity contribution in [2.24, 2.45) is 0 Å². The zero-order valence-electron chi connectivity index (χ0n) is 22.8. The molecule has 8 nitrogen and oxygen atoms in total. The third kappa shape index (κ3) is 7.10. The average Bonchev–Trinajstić information content (AvgIpc) is 3.58. The summed E-state index contributed by atoms with van der Waals surface area (Å²) in [6, 6.07) is 28.6. The van der Waals surface area contributed by atoms with Gasteiger partial charge in [-0.2, -0.15) is 0 Å². The molecule has 0 aliphatic carbocycles. The van der Waals surface area contributed by atoms with E-state index in [1.165, 1.54) is 16.2 Å². The van der Waals surface area contributed by atoms with E-state index in [2.05, 4.69) is 0 Å². The second-order valence-electron chi connectivity index (χ2n) is 9.58. The number of carbonyl (C=O) groups is 3. The van der Waals surface area contributed by atoms with Gasteiger partial charge in [0.25, 0.3) is 5.91 Å². The Hall–Kier alpha value is -4.34. The number of alkyl halides is 1. The SMILES string of the molecule is O=C(OCc1ccccc1)N1CCN(C(=O)C(c2cccs2)N(C(=O)CCl)c2ccc(Oc3ccccc3)cc2)CC1. The van der Waals surface area contributed by atoms with E-state index in [9.17, 15) is 14.4 Å². The fourth-order valence-corrected chi connectivity index (χ4v) is 5.64. The predicted octanol–water partition coefficient (Wildman–Crippen LogP) is 6.33. The van der Waals surface area contributed by atoms with Crippen LogP contribution < -0.4 is 9.64 Å². The van der Waals surface area contributed by atoms with Gasteiger partial charge in [0.2, 0.25) is 5.91 Å². The zero-order valence-corrected chi connectivity index (χ0v) is 24.4. The number of para-hydroxylation sites is 1. The molecule has 1 unspecified atom stereocenters. The van der Waals surface area contributed by atoms with Crippen molar-refractivity contribution in [2.75, 3.05) is 37.0 Å². The van der Waals surface area contributed by atoms with Crippen LogP contribution in [0, 0.1) is 0 Å². The molecule has 1 aliphatic heterocycles. The van der Waals surface area contributed by atoms with E-state index in [0.29, 0.717) is 48.2 Å². The van der Waals surface area contributed by atoms with Crippen molar-refractivity contribution in [2.45, 2.75) is 12.6 Å². The summed E-state index contributed by atoms with van der Waals surface area (Å²) in [5.74, 6) is 0.352. The Morgan fingerprint density at radius 1 is 0.786 bits per heavy atom. The third-order valence-electron chi connectivity index (χ3n) is 6.84. The van der Waals surface area contributed by atoms with Crippen molar-refractivity contribution in [3.05, 3.63) is 113 Å². The van der Waals surface area contributed by atoms with Crippen LogP contribution in [-0.4, -0.2) is 59.8 Å². The molecule has 0 bridgehead atoms. The van der Waals surface area contributed by atoms with Gasteiger partial charge in [-0.25, -0.2) is 4.79 Å². The highest BCUT2D eigenvalue weighted by molar-refractivity contribution is 7.10. The molecule has 1 fully saturated rings. The van der Waals surface area contributed by atoms with Gasteiger partial charge in [-0.05, 0) is 53.4 Å². The minimum atomic E-state index is -0.909. The molecule has 216 valence electrons. The predicted molar refractivity (Wildman–Crippen MR) is 163 cm³/mol. The molecule has 4 aromatic rings. The number of hydrogen-bond donors (Lipinski definition) is 0. The minimum Gasteiger partial charge on any atom is -0.457 e. The molecule has 0 saturated carbocycles. The molecule has 2 heterocycles. The monoisotopic (exact) mass is 603 g/mol. The first-order valence-electron chi connectivity index (χ1n) is 13.5. The highest BCUT2D eigenvalue weighted by Crippen LogP contribution is 2.34. The van der Waals surface area contributed by atoms with E-state index < -0.39 is 18.0 Å². The molecular formula is C32H30ClN3O5S. The second kappa shape index (κ2) is 14.0. The fourth-order valence-electron chi connectivity index (χ4n) is 4.70. The summed E-state index contributed by atoms with van der Waals surface area (Å²) in [5, 5.41) is 1.87. The molecule has 42 heavy (non-hydrogen) atoms. The van der Waals surface area contributed by atoms with Crippen LogP contribution in [0.5, 0.6) is 11.5 Å². The van der Waals surface area contributed by atoms with Gasteiger partial charge in [-0.15, -0.1) is 22.9 Å². The number of piperazine rings is 1. The second-order valence-corrected chi connectivity index (χ2v) is 10.8. The Morgan fingerprint density at radius 2 is 1.40 bits per heavy atom. The van der Waals surface area contributed by atoms with Crippen LogP contribution in [0.25, 0.3) is 0 Å². The number of hydrogen-bond acceptors (Lipinski definition) is 6.